The molecular weight excluding hydrogens is 226 g/mol. The molecule has 18 heavy (non-hydrogen) atoms. The highest BCUT2D eigenvalue weighted by atomic mass is 16.2. The molecule has 0 aliphatic heterocycles. The zero-order chi connectivity index (χ0) is 13.6. The fourth-order valence-corrected chi connectivity index (χ4v) is 2.97. The summed E-state index contributed by atoms with van der Waals surface area (Å²) in [5.74, 6) is 0.526. The third-order valence-electron chi connectivity index (χ3n) is 4.33. The van der Waals surface area contributed by atoms with Gasteiger partial charge in [0, 0.05) is 26.1 Å². The third kappa shape index (κ3) is 4.27. The summed E-state index contributed by atoms with van der Waals surface area (Å²) in [5, 5.41) is 8.73. The number of rotatable bonds is 6. The maximum Gasteiger partial charge on any atom is 0.225 e. The van der Waals surface area contributed by atoms with Gasteiger partial charge in [-0.25, -0.2) is 0 Å². The van der Waals surface area contributed by atoms with Crippen LogP contribution in [0.25, 0.3) is 0 Å². The number of nitrogens with zero attached hydrogens (tertiary/aromatic N) is 1. The minimum atomic E-state index is 0.161. The first-order valence-corrected chi connectivity index (χ1v) is 7.35. The van der Waals surface area contributed by atoms with Crippen molar-refractivity contribution in [3.8, 4) is 0 Å². The maximum atomic E-state index is 12.5. The van der Waals surface area contributed by atoms with Crippen LogP contribution in [0.1, 0.15) is 58.8 Å². The molecule has 0 saturated heterocycles. The summed E-state index contributed by atoms with van der Waals surface area (Å²) in [5.41, 5.74) is 0.161. The molecule has 1 atom stereocenters. The number of amides is 1. The molecule has 0 spiro atoms. The number of carbonyl (C=O) groups is 1. The maximum absolute atomic E-state index is 12.5. The van der Waals surface area contributed by atoms with E-state index < -0.39 is 0 Å². The Labute approximate surface area is 112 Å². The summed E-state index contributed by atoms with van der Waals surface area (Å²) in [6.45, 7) is 5.54. The SMILES string of the molecule is CN(CCCCCO)C(=O)C1CCCCC1(C)C. The van der Waals surface area contributed by atoms with Crippen LogP contribution >= 0.6 is 0 Å². The van der Waals surface area contributed by atoms with E-state index in [9.17, 15) is 4.79 Å². The molecule has 1 N–H and O–H groups in total. The summed E-state index contributed by atoms with van der Waals surface area (Å²) in [6.07, 6.45) is 7.51. The van der Waals surface area contributed by atoms with Gasteiger partial charge in [0.05, 0.1) is 0 Å². The second kappa shape index (κ2) is 7.13. The van der Waals surface area contributed by atoms with Gasteiger partial charge < -0.3 is 10.0 Å². The van der Waals surface area contributed by atoms with Crippen LogP contribution in [-0.4, -0.2) is 36.1 Å². The van der Waals surface area contributed by atoms with Gasteiger partial charge in [-0.1, -0.05) is 26.7 Å². The average molecular weight is 255 g/mol. The van der Waals surface area contributed by atoms with Crippen molar-refractivity contribution >= 4 is 5.91 Å². The molecule has 3 nitrogen and oxygen atoms in total. The minimum absolute atomic E-state index is 0.161. The van der Waals surface area contributed by atoms with Gasteiger partial charge in [0.1, 0.15) is 0 Å². The average Bonchev–Trinajstić information content (AvgIpc) is 2.33. The lowest BCUT2D eigenvalue weighted by Gasteiger charge is -2.39. The van der Waals surface area contributed by atoms with Gasteiger partial charge in [0.15, 0.2) is 0 Å². The van der Waals surface area contributed by atoms with Crippen LogP contribution < -0.4 is 0 Å². The minimum Gasteiger partial charge on any atom is -0.396 e. The molecule has 0 radical (unpaired) electrons. The van der Waals surface area contributed by atoms with Crippen LogP contribution in [0.3, 0.4) is 0 Å². The predicted molar refractivity (Wildman–Crippen MR) is 74.3 cm³/mol. The number of hydrogen-bond donors (Lipinski definition) is 1. The molecular formula is C15H29NO2. The summed E-state index contributed by atoms with van der Waals surface area (Å²) in [6, 6.07) is 0. The van der Waals surface area contributed by atoms with E-state index in [1.807, 2.05) is 11.9 Å². The van der Waals surface area contributed by atoms with Gasteiger partial charge in [-0.15, -0.1) is 0 Å². The first-order chi connectivity index (χ1) is 8.49. The Morgan fingerprint density at radius 2 is 2.00 bits per heavy atom. The van der Waals surface area contributed by atoms with E-state index in [4.69, 9.17) is 5.11 Å². The van der Waals surface area contributed by atoms with Crippen molar-refractivity contribution < 1.29 is 9.90 Å². The Hall–Kier alpha value is -0.570. The van der Waals surface area contributed by atoms with Crippen molar-refractivity contribution in [3.05, 3.63) is 0 Å². The molecule has 1 aliphatic rings. The molecule has 1 fully saturated rings. The fraction of sp³-hybridized carbons (Fsp3) is 0.933. The monoisotopic (exact) mass is 255 g/mol. The number of hydrogen-bond acceptors (Lipinski definition) is 2. The summed E-state index contributed by atoms with van der Waals surface area (Å²) in [7, 11) is 1.92. The second-order valence-electron chi connectivity index (χ2n) is 6.33. The van der Waals surface area contributed by atoms with E-state index >= 15 is 0 Å². The van der Waals surface area contributed by atoms with E-state index in [0.717, 1.165) is 32.2 Å². The second-order valence-corrected chi connectivity index (χ2v) is 6.33. The van der Waals surface area contributed by atoms with E-state index in [1.54, 1.807) is 0 Å². The Balaban J connectivity index is 2.42. The van der Waals surface area contributed by atoms with Gasteiger partial charge in [-0.3, -0.25) is 4.79 Å². The van der Waals surface area contributed by atoms with E-state index in [0.29, 0.717) is 5.91 Å². The zero-order valence-corrected chi connectivity index (χ0v) is 12.2. The summed E-state index contributed by atoms with van der Waals surface area (Å²) < 4.78 is 0. The fourth-order valence-electron chi connectivity index (χ4n) is 2.97. The molecule has 3 heteroatoms. The van der Waals surface area contributed by atoms with Crippen LogP contribution in [0.15, 0.2) is 0 Å². The first kappa shape index (κ1) is 15.5. The molecule has 0 heterocycles. The van der Waals surface area contributed by atoms with Crippen molar-refractivity contribution in [1.29, 1.82) is 0 Å². The van der Waals surface area contributed by atoms with Crippen LogP contribution in [0.5, 0.6) is 0 Å². The zero-order valence-electron chi connectivity index (χ0n) is 12.2. The van der Waals surface area contributed by atoms with Crippen LogP contribution in [0.4, 0.5) is 0 Å². The van der Waals surface area contributed by atoms with E-state index in [-0.39, 0.29) is 17.9 Å². The highest BCUT2D eigenvalue weighted by Gasteiger charge is 2.38. The smallest absolute Gasteiger partial charge is 0.225 e. The van der Waals surface area contributed by atoms with Gasteiger partial charge >= 0.3 is 0 Å². The Morgan fingerprint density at radius 1 is 1.28 bits per heavy atom. The molecule has 1 rings (SSSR count). The number of carbonyl (C=O) groups excluding carboxylic acids is 1. The standard InChI is InChI=1S/C15H29NO2/c1-15(2)10-6-5-9-13(15)14(18)16(3)11-7-4-8-12-17/h13,17H,4-12H2,1-3H3. The Kier molecular flexibility index (Phi) is 6.13. The molecule has 0 bridgehead atoms. The highest BCUT2D eigenvalue weighted by molar-refractivity contribution is 5.79. The number of aliphatic hydroxyl groups excluding tert-OH is 1. The normalized spacial score (nSPS) is 22.8. The lowest BCUT2D eigenvalue weighted by atomic mass is 9.68. The molecule has 1 aliphatic carbocycles. The van der Waals surface area contributed by atoms with Crippen molar-refractivity contribution in [2.75, 3.05) is 20.2 Å². The van der Waals surface area contributed by atoms with Crippen LogP contribution in [-0.2, 0) is 4.79 Å². The Bertz CT molecular complexity index is 263. The quantitative estimate of drug-likeness (QED) is 0.741. The molecule has 1 saturated carbocycles. The van der Waals surface area contributed by atoms with E-state index in [2.05, 4.69) is 13.8 Å². The Morgan fingerprint density at radius 3 is 2.61 bits per heavy atom. The van der Waals surface area contributed by atoms with Crippen molar-refractivity contribution in [2.24, 2.45) is 11.3 Å². The first-order valence-electron chi connectivity index (χ1n) is 7.35. The molecule has 0 aromatic heterocycles. The largest absolute Gasteiger partial charge is 0.396 e. The molecule has 1 amide bonds. The van der Waals surface area contributed by atoms with Crippen LogP contribution in [0.2, 0.25) is 0 Å². The number of aliphatic hydroxyl groups is 1. The summed E-state index contributed by atoms with van der Waals surface area (Å²) >= 11 is 0. The summed E-state index contributed by atoms with van der Waals surface area (Å²) in [4.78, 5) is 14.4. The van der Waals surface area contributed by atoms with Crippen LogP contribution in [0, 0.1) is 11.3 Å². The molecule has 106 valence electrons. The van der Waals surface area contributed by atoms with Crippen molar-refractivity contribution in [1.82, 2.24) is 4.90 Å². The van der Waals surface area contributed by atoms with Crippen molar-refractivity contribution in [3.63, 3.8) is 0 Å². The molecule has 0 aromatic rings. The van der Waals surface area contributed by atoms with Gasteiger partial charge in [0.25, 0.3) is 0 Å². The van der Waals surface area contributed by atoms with Crippen molar-refractivity contribution in [2.45, 2.75) is 58.8 Å². The van der Waals surface area contributed by atoms with E-state index in [1.165, 1.54) is 19.3 Å². The topological polar surface area (TPSA) is 40.5 Å². The molecule has 1 unspecified atom stereocenters. The predicted octanol–water partition coefficient (Wildman–Crippen LogP) is 2.82. The number of unbranched alkanes of at least 4 members (excludes halogenated alkanes) is 2. The highest BCUT2D eigenvalue weighted by Crippen LogP contribution is 2.41. The molecule has 0 aromatic carbocycles. The van der Waals surface area contributed by atoms with Gasteiger partial charge in [-0.2, -0.15) is 0 Å². The third-order valence-corrected chi connectivity index (χ3v) is 4.33. The van der Waals surface area contributed by atoms with Gasteiger partial charge in [0.2, 0.25) is 5.91 Å². The lowest BCUT2D eigenvalue weighted by molar-refractivity contribution is -0.139. The lowest BCUT2D eigenvalue weighted by Crippen LogP contribution is -2.42. The van der Waals surface area contributed by atoms with Gasteiger partial charge in [-0.05, 0) is 37.5 Å².